The smallest absolute Gasteiger partial charge is 0.271 e. The summed E-state index contributed by atoms with van der Waals surface area (Å²) < 4.78 is 10.6. The van der Waals surface area contributed by atoms with Crippen molar-refractivity contribution in [2.75, 3.05) is 7.11 Å². The number of rotatable bonds is 5. The van der Waals surface area contributed by atoms with Crippen LogP contribution in [0.15, 0.2) is 101 Å². The molecule has 40 heavy (non-hydrogen) atoms. The van der Waals surface area contributed by atoms with Gasteiger partial charge in [0.2, 0.25) is 0 Å². The van der Waals surface area contributed by atoms with Gasteiger partial charge in [0.25, 0.3) is 5.56 Å². The second-order valence-corrected chi connectivity index (χ2v) is 11.3. The summed E-state index contributed by atoms with van der Waals surface area (Å²) in [4.78, 5) is 20.2. The number of aromatic nitrogens is 2. The lowest BCUT2D eigenvalue weighted by Gasteiger charge is -2.31. The summed E-state index contributed by atoms with van der Waals surface area (Å²) in [5.41, 5.74) is 8.89. The molecular formula is C34H29N3O2S. The van der Waals surface area contributed by atoms with E-state index in [4.69, 9.17) is 9.73 Å². The van der Waals surface area contributed by atoms with Gasteiger partial charge in [-0.2, -0.15) is 0 Å². The number of aryl methyl sites for hydroxylation is 1. The third kappa shape index (κ3) is 3.67. The molecule has 5 aromatic rings. The normalized spacial score (nSPS) is 16.4. The van der Waals surface area contributed by atoms with Gasteiger partial charge in [0.05, 0.1) is 23.4 Å². The molecule has 0 saturated heterocycles. The Morgan fingerprint density at radius 1 is 1.05 bits per heavy atom. The summed E-state index contributed by atoms with van der Waals surface area (Å²) in [7, 11) is 1.69. The summed E-state index contributed by atoms with van der Waals surface area (Å²) in [6.07, 6.45) is 5.73. The minimum atomic E-state index is -0.277. The number of allylic oxidation sites excluding steroid dienone is 2. The van der Waals surface area contributed by atoms with E-state index < -0.39 is 0 Å². The molecule has 0 N–H and O–H groups in total. The molecule has 2 aromatic heterocycles. The van der Waals surface area contributed by atoms with Gasteiger partial charge in [-0.3, -0.25) is 9.36 Å². The Kier molecular flexibility index (Phi) is 5.93. The van der Waals surface area contributed by atoms with E-state index >= 15 is 0 Å². The number of fused-ring (bicyclic) bond motifs is 4. The van der Waals surface area contributed by atoms with Crippen molar-refractivity contribution in [1.29, 1.82) is 0 Å². The van der Waals surface area contributed by atoms with Gasteiger partial charge < -0.3 is 9.30 Å². The lowest BCUT2D eigenvalue weighted by atomic mass is 9.83. The Hall–Kier alpha value is -4.42. The van der Waals surface area contributed by atoms with Crippen molar-refractivity contribution in [3.63, 3.8) is 0 Å². The average Bonchev–Trinajstić information content (AvgIpc) is 3.44. The number of methoxy groups -OCH3 is 1. The fraction of sp³-hybridized carbons (Fsp3) is 0.176. The maximum Gasteiger partial charge on any atom is 0.271 e. The van der Waals surface area contributed by atoms with Crippen LogP contribution in [0.25, 0.3) is 22.7 Å². The topological polar surface area (TPSA) is 48.5 Å². The molecule has 0 bridgehead atoms. The van der Waals surface area contributed by atoms with Gasteiger partial charge in [0.15, 0.2) is 4.80 Å². The zero-order valence-electron chi connectivity index (χ0n) is 22.6. The van der Waals surface area contributed by atoms with E-state index in [-0.39, 0.29) is 11.6 Å². The Bertz CT molecular complexity index is 2040. The number of hydrogen-bond acceptors (Lipinski definition) is 4. The Labute approximate surface area is 236 Å². The van der Waals surface area contributed by atoms with Crippen LogP contribution in [0.5, 0.6) is 5.75 Å². The highest BCUT2D eigenvalue weighted by atomic mass is 32.1. The SMILES string of the molecule is C=CCn1c(C)c(/C=c2/sc3n(c2=O)C(c2ccccc2OC)C2=C(N=3)c3ccccc3CC2)c2ccccc21. The summed E-state index contributed by atoms with van der Waals surface area (Å²) >= 11 is 1.46. The van der Waals surface area contributed by atoms with Crippen LogP contribution >= 0.6 is 11.3 Å². The van der Waals surface area contributed by atoms with Crippen LogP contribution in [-0.4, -0.2) is 16.2 Å². The van der Waals surface area contributed by atoms with Crippen molar-refractivity contribution in [3.8, 4) is 5.75 Å². The monoisotopic (exact) mass is 543 g/mol. The van der Waals surface area contributed by atoms with Gasteiger partial charge in [0.1, 0.15) is 5.75 Å². The van der Waals surface area contributed by atoms with E-state index in [0.29, 0.717) is 11.1 Å². The first-order chi connectivity index (χ1) is 19.6. The van der Waals surface area contributed by atoms with E-state index in [2.05, 4.69) is 72.7 Å². The maximum absolute atomic E-state index is 14.3. The van der Waals surface area contributed by atoms with Gasteiger partial charge >= 0.3 is 0 Å². The van der Waals surface area contributed by atoms with Crippen LogP contribution in [0, 0.1) is 6.92 Å². The molecule has 0 fully saturated rings. The Balaban J connectivity index is 1.52. The molecule has 198 valence electrons. The predicted molar refractivity (Wildman–Crippen MR) is 163 cm³/mol. The molecular weight excluding hydrogens is 514 g/mol. The van der Waals surface area contributed by atoms with Crippen molar-refractivity contribution in [1.82, 2.24) is 9.13 Å². The molecule has 1 aliphatic heterocycles. The van der Waals surface area contributed by atoms with Crippen LogP contribution in [0.1, 0.15) is 40.4 Å². The van der Waals surface area contributed by atoms with Crippen molar-refractivity contribution in [2.24, 2.45) is 4.99 Å². The van der Waals surface area contributed by atoms with Crippen molar-refractivity contribution >= 4 is 34.0 Å². The Morgan fingerprint density at radius 3 is 2.67 bits per heavy atom. The minimum absolute atomic E-state index is 0.0231. The van der Waals surface area contributed by atoms with Crippen molar-refractivity contribution in [2.45, 2.75) is 32.4 Å². The lowest BCUT2D eigenvalue weighted by molar-refractivity contribution is 0.402. The van der Waals surface area contributed by atoms with E-state index in [1.54, 1.807) is 7.11 Å². The number of ether oxygens (including phenoxy) is 1. The lowest BCUT2D eigenvalue weighted by Crippen LogP contribution is -2.39. The standard InChI is InChI=1S/C34H29N3O2S/c1-4-19-36-21(2)27(24-13-7-9-15-28(24)36)20-30-33(38)37-32(25-14-8-10-16-29(25)39-3)26-18-17-22-11-5-6-12-23(22)31(26)35-34(37)40-30/h4-16,20,32H,1,17-19H2,2-3H3/b30-20+. The third-order valence-corrected chi connectivity index (χ3v) is 9.16. The highest BCUT2D eigenvalue weighted by Gasteiger charge is 2.34. The molecule has 6 heteroatoms. The second kappa shape index (κ2) is 9.65. The van der Waals surface area contributed by atoms with Crippen LogP contribution in [-0.2, 0) is 13.0 Å². The third-order valence-electron chi connectivity index (χ3n) is 8.17. The Morgan fingerprint density at radius 2 is 1.82 bits per heavy atom. The molecule has 0 radical (unpaired) electrons. The molecule has 3 aromatic carbocycles. The van der Waals surface area contributed by atoms with Gasteiger partial charge in [0, 0.05) is 39.8 Å². The zero-order chi connectivity index (χ0) is 27.4. The average molecular weight is 544 g/mol. The number of thiazole rings is 1. The fourth-order valence-corrected chi connectivity index (χ4v) is 7.31. The van der Waals surface area contributed by atoms with Gasteiger partial charge in [-0.15, -0.1) is 6.58 Å². The molecule has 1 aliphatic carbocycles. The molecule has 3 heterocycles. The second-order valence-electron chi connectivity index (χ2n) is 10.3. The molecule has 7 rings (SSSR count). The summed E-state index contributed by atoms with van der Waals surface area (Å²) in [6.45, 7) is 6.77. The van der Waals surface area contributed by atoms with E-state index in [9.17, 15) is 4.79 Å². The number of nitrogens with zero attached hydrogens (tertiary/aromatic N) is 3. The molecule has 0 saturated carbocycles. The first kappa shape index (κ1) is 24.6. The predicted octanol–water partition coefficient (Wildman–Crippen LogP) is 5.78. The van der Waals surface area contributed by atoms with E-state index in [0.717, 1.165) is 62.4 Å². The molecule has 0 spiro atoms. The highest BCUT2D eigenvalue weighted by molar-refractivity contribution is 7.07. The zero-order valence-corrected chi connectivity index (χ0v) is 23.4. The highest BCUT2D eigenvalue weighted by Crippen LogP contribution is 2.43. The van der Waals surface area contributed by atoms with Crippen LogP contribution in [0.2, 0.25) is 0 Å². The van der Waals surface area contributed by atoms with Crippen LogP contribution in [0.4, 0.5) is 0 Å². The van der Waals surface area contributed by atoms with Gasteiger partial charge in [-0.25, -0.2) is 4.99 Å². The molecule has 5 nitrogen and oxygen atoms in total. The van der Waals surface area contributed by atoms with E-state index in [1.165, 1.54) is 22.5 Å². The minimum Gasteiger partial charge on any atom is -0.496 e. The van der Waals surface area contributed by atoms with Gasteiger partial charge in [-0.1, -0.05) is 78.1 Å². The van der Waals surface area contributed by atoms with Crippen LogP contribution < -0.4 is 19.6 Å². The molecule has 2 aliphatic rings. The fourth-order valence-electron chi connectivity index (χ4n) is 6.33. The largest absolute Gasteiger partial charge is 0.496 e. The summed E-state index contributed by atoms with van der Waals surface area (Å²) in [6, 6.07) is 24.6. The summed E-state index contributed by atoms with van der Waals surface area (Å²) in [5.74, 6) is 0.776. The first-order valence-corrected chi connectivity index (χ1v) is 14.4. The van der Waals surface area contributed by atoms with Gasteiger partial charge in [-0.05, 0) is 49.1 Å². The quantitative estimate of drug-likeness (QED) is 0.264. The number of benzene rings is 3. The maximum atomic E-state index is 14.3. The van der Waals surface area contributed by atoms with E-state index in [1.807, 2.05) is 34.9 Å². The number of hydrogen-bond donors (Lipinski definition) is 0. The number of para-hydroxylation sites is 2. The first-order valence-electron chi connectivity index (χ1n) is 13.6. The van der Waals surface area contributed by atoms with Crippen LogP contribution in [0.3, 0.4) is 0 Å². The summed E-state index contributed by atoms with van der Waals surface area (Å²) in [5, 5.41) is 1.13. The van der Waals surface area contributed by atoms with Crippen molar-refractivity contribution < 1.29 is 4.74 Å². The van der Waals surface area contributed by atoms with Crippen molar-refractivity contribution in [3.05, 3.63) is 139 Å². The molecule has 1 unspecified atom stereocenters. The molecule has 1 atom stereocenters. The molecule has 0 amide bonds.